The average molecular weight is 366 g/mol. The number of benzene rings is 2. The molecule has 18 heavy (non-hydrogen) atoms. The molecule has 2 aromatic carbocycles. The largest absolute Gasteiger partial charge is 0.0876 e. The molecular weight excluding hydrogens is 352 g/mol. The summed E-state index contributed by atoms with van der Waals surface area (Å²) in [6.45, 7) is 0. The maximum atomic E-state index is 3.54. The van der Waals surface area contributed by atoms with Gasteiger partial charge in [0.05, 0.1) is 0 Å². The van der Waals surface area contributed by atoms with Crippen molar-refractivity contribution < 1.29 is 0 Å². The highest BCUT2D eigenvalue weighted by Crippen LogP contribution is 2.19. The molecule has 2 rings (SSSR count). The molecule has 0 saturated carbocycles. The highest BCUT2D eigenvalue weighted by molar-refractivity contribution is 9.08. The first kappa shape index (κ1) is 13.6. The zero-order chi connectivity index (χ0) is 12.8. The molecule has 0 bridgehead atoms. The van der Waals surface area contributed by atoms with Gasteiger partial charge < -0.3 is 0 Å². The minimum atomic E-state index is 0.879. The summed E-state index contributed by atoms with van der Waals surface area (Å²) >= 11 is 7.03. The van der Waals surface area contributed by atoms with E-state index in [1.54, 1.807) is 0 Å². The zero-order valence-electron chi connectivity index (χ0n) is 9.94. The molecule has 0 fully saturated rings. The Bertz CT molecular complexity index is 530. The van der Waals surface area contributed by atoms with Crippen LogP contribution in [-0.4, -0.2) is 0 Å². The van der Waals surface area contributed by atoms with Crippen molar-refractivity contribution in [3.05, 3.63) is 70.8 Å². The van der Waals surface area contributed by atoms with Gasteiger partial charge in [0.2, 0.25) is 0 Å². The normalized spacial score (nSPS) is 11.0. The predicted molar refractivity (Wildman–Crippen MR) is 87.1 cm³/mol. The van der Waals surface area contributed by atoms with Crippen molar-refractivity contribution in [2.24, 2.45) is 0 Å². The van der Waals surface area contributed by atoms with E-state index in [4.69, 9.17) is 0 Å². The van der Waals surface area contributed by atoms with Gasteiger partial charge in [-0.25, -0.2) is 0 Å². The van der Waals surface area contributed by atoms with Crippen LogP contribution in [0.5, 0.6) is 0 Å². The molecule has 0 nitrogen and oxygen atoms in total. The van der Waals surface area contributed by atoms with Gasteiger partial charge in [-0.3, -0.25) is 0 Å². The van der Waals surface area contributed by atoms with Crippen LogP contribution in [0.15, 0.2) is 48.5 Å². The van der Waals surface area contributed by atoms with Crippen LogP contribution in [0.2, 0.25) is 0 Å². The molecule has 0 spiro atoms. The maximum Gasteiger partial charge on any atom is 0.0288 e. The van der Waals surface area contributed by atoms with E-state index >= 15 is 0 Å². The Hall–Kier alpha value is -0.860. The maximum absolute atomic E-state index is 3.54. The van der Waals surface area contributed by atoms with Crippen LogP contribution in [-0.2, 0) is 10.7 Å². The molecule has 2 aromatic rings. The minimum Gasteiger partial charge on any atom is -0.0876 e. The van der Waals surface area contributed by atoms with E-state index in [1.807, 2.05) is 6.07 Å². The molecule has 2 heteroatoms. The fourth-order valence-electron chi connectivity index (χ4n) is 1.75. The van der Waals surface area contributed by atoms with Gasteiger partial charge in [-0.15, -0.1) is 0 Å². The van der Waals surface area contributed by atoms with E-state index in [9.17, 15) is 0 Å². The highest BCUT2D eigenvalue weighted by Gasteiger charge is 1.99. The molecule has 0 aliphatic carbocycles. The predicted octanol–water partition coefficient (Wildman–Crippen LogP) is 5.65. The first-order chi connectivity index (χ1) is 8.83. The molecule has 0 unspecified atom stereocenters. The van der Waals surface area contributed by atoms with Crippen molar-refractivity contribution in [1.29, 1.82) is 0 Å². The minimum absolute atomic E-state index is 0.879. The number of alkyl halides is 2. The Morgan fingerprint density at radius 1 is 0.833 bits per heavy atom. The van der Waals surface area contributed by atoms with Crippen molar-refractivity contribution in [2.75, 3.05) is 0 Å². The summed E-state index contributed by atoms with van der Waals surface area (Å²) in [4.78, 5) is 0. The van der Waals surface area contributed by atoms with Crippen LogP contribution in [0.1, 0.15) is 22.3 Å². The van der Waals surface area contributed by atoms with Gasteiger partial charge >= 0.3 is 0 Å². The van der Waals surface area contributed by atoms with Crippen molar-refractivity contribution in [1.82, 2.24) is 0 Å². The zero-order valence-corrected chi connectivity index (χ0v) is 13.1. The second kappa shape index (κ2) is 6.91. The van der Waals surface area contributed by atoms with Crippen LogP contribution in [0.3, 0.4) is 0 Å². The number of hydrogen-bond acceptors (Lipinski definition) is 0. The molecular formula is C16H14Br2. The van der Waals surface area contributed by atoms with Crippen LogP contribution in [0.4, 0.5) is 0 Å². The lowest BCUT2D eigenvalue weighted by molar-refractivity contribution is 1.34. The lowest BCUT2D eigenvalue weighted by Crippen LogP contribution is -1.87. The average Bonchev–Trinajstić information content (AvgIpc) is 2.45. The van der Waals surface area contributed by atoms with E-state index in [0.717, 1.165) is 10.7 Å². The number of rotatable bonds is 4. The Morgan fingerprint density at radius 2 is 1.61 bits per heavy atom. The molecule has 0 atom stereocenters. The molecule has 0 N–H and O–H groups in total. The van der Waals surface area contributed by atoms with Crippen LogP contribution in [0.25, 0.3) is 12.2 Å². The summed E-state index contributed by atoms with van der Waals surface area (Å²) in [6, 6.07) is 16.9. The quantitative estimate of drug-likeness (QED) is 0.485. The van der Waals surface area contributed by atoms with E-state index in [-0.39, 0.29) is 0 Å². The molecule has 0 heterocycles. The van der Waals surface area contributed by atoms with Crippen LogP contribution < -0.4 is 0 Å². The summed E-state index contributed by atoms with van der Waals surface area (Å²) < 4.78 is 0. The molecule has 0 radical (unpaired) electrons. The van der Waals surface area contributed by atoms with Gasteiger partial charge in [-0.2, -0.15) is 0 Å². The number of halogens is 2. The highest BCUT2D eigenvalue weighted by atomic mass is 79.9. The summed E-state index contributed by atoms with van der Waals surface area (Å²) in [6.07, 6.45) is 4.33. The lowest BCUT2D eigenvalue weighted by atomic mass is 10.0. The second-order valence-electron chi connectivity index (χ2n) is 4.04. The Morgan fingerprint density at radius 3 is 2.28 bits per heavy atom. The summed E-state index contributed by atoms with van der Waals surface area (Å²) in [5.41, 5.74) is 5.11. The van der Waals surface area contributed by atoms with E-state index in [0.29, 0.717) is 0 Å². The lowest BCUT2D eigenvalue weighted by Gasteiger charge is -2.05. The topological polar surface area (TPSA) is 0 Å². The van der Waals surface area contributed by atoms with Gasteiger partial charge in [-0.05, 0) is 22.3 Å². The molecule has 0 aromatic heterocycles. The molecule has 0 aliphatic rings. The van der Waals surface area contributed by atoms with E-state index < -0.39 is 0 Å². The van der Waals surface area contributed by atoms with Gasteiger partial charge in [0.25, 0.3) is 0 Å². The standard InChI is InChI=1S/C16H14Br2/c17-11-14-7-9-16(12-18)15(10-14)8-6-13-4-2-1-3-5-13/h1-10H,11-12H2/b8-6+. The Labute approximate surface area is 125 Å². The van der Waals surface area contributed by atoms with Gasteiger partial charge in [0, 0.05) is 10.7 Å². The van der Waals surface area contributed by atoms with Crippen molar-refractivity contribution in [3.63, 3.8) is 0 Å². The summed E-state index contributed by atoms with van der Waals surface area (Å²) in [5.74, 6) is 0. The van der Waals surface area contributed by atoms with E-state index in [1.165, 1.54) is 22.3 Å². The van der Waals surface area contributed by atoms with Crippen LogP contribution in [0, 0.1) is 0 Å². The smallest absolute Gasteiger partial charge is 0.0288 e. The van der Waals surface area contributed by atoms with E-state index in [2.05, 4.69) is 86.5 Å². The van der Waals surface area contributed by atoms with Crippen molar-refractivity contribution in [3.8, 4) is 0 Å². The first-order valence-corrected chi connectivity index (χ1v) is 8.04. The third-order valence-corrected chi connectivity index (χ3v) is 4.02. The molecule has 0 amide bonds. The van der Waals surface area contributed by atoms with Crippen molar-refractivity contribution in [2.45, 2.75) is 10.7 Å². The Kier molecular flexibility index (Phi) is 5.21. The number of hydrogen-bond donors (Lipinski definition) is 0. The van der Waals surface area contributed by atoms with Gasteiger partial charge in [0.1, 0.15) is 0 Å². The molecule has 0 aliphatic heterocycles. The van der Waals surface area contributed by atoms with Gasteiger partial charge in [-0.1, -0.05) is 92.5 Å². The van der Waals surface area contributed by atoms with Gasteiger partial charge in [0.15, 0.2) is 0 Å². The SMILES string of the molecule is BrCc1ccc(CBr)c(/C=C/c2ccccc2)c1. The Balaban J connectivity index is 2.30. The van der Waals surface area contributed by atoms with Crippen LogP contribution >= 0.6 is 31.9 Å². The molecule has 0 saturated heterocycles. The second-order valence-corrected chi connectivity index (χ2v) is 5.17. The third kappa shape index (κ3) is 3.56. The van der Waals surface area contributed by atoms with Crippen molar-refractivity contribution >= 4 is 44.0 Å². The fraction of sp³-hybridized carbons (Fsp3) is 0.125. The molecule has 92 valence electrons. The fourth-order valence-corrected chi connectivity index (χ4v) is 2.61. The monoisotopic (exact) mass is 364 g/mol. The first-order valence-electron chi connectivity index (χ1n) is 5.80. The summed E-state index contributed by atoms with van der Waals surface area (Å²) in [7, 11) is 0. The third-order valence-electron chi connectivity index (χ3n) is 2.76. The summed E-state index contributed by atoms with van der Waals surface area (Å²) in [5, 5.41) is 1.77.